The van der Waals surface area contributed by atoms with E-state index >= 15 is 0 Å². The fraction of sp³-hybridized carbons (Fsp3) is 0.278. The molecule has 385 valence electrons. The van der Waals surface area contributed by atoms with Gasteiger partial charge in [0.2, 0.25) is 0 Å². The van der Waals surface area contributed by atoms with E-state index < -0.39 is 25.9 Å². The van der Waals surface area contributed by atoms with E-state index in [1.54, 1.807) is 0 Å². The van der Waals surface area contributed by atoms with Gasteiger partial charge in [0, 0.05) is 0 Å². The van der Waals surface area contributed by atoms with Gasteiger partial charge in [-0.05, 0) is 0 Å². The summed E-state index contributed by atoms with van der Waals surface area (Å²) < 4.78 is 0.592. The van der Waals surface area contributed by atoms with Crippen molar-refractivity contribution < 1.29 is 16.4 Å². The summed E-state index contributed by atoms with van der Waals surface area (Å²) >= 11 is -6.13. The van der Waals surface area contributed by atoms with E-state index in [2.05, 4.69) is 273 Å². The van der Waals surface area contributed by atoms with Gasteiger partial charge in [-0.2, -0.15) is 0 Å². The minimum atomic E-state index is -6.13. The van der Waals surface area contributed by atoms with E-state index in [0.29, 0.717) is 0 Å². The summed E-state index contributed by atoms with van der Waals surface area (Å²) in [6.45, 7) is 32.7. The molecule has 8 aromatic carbocycles. The summed E-state index contributed by atoms with van der Waals surface area (Å²) in [5, 5.41) is 2.88. The monoisotopic (exact) mass is 1130 g/mol. The van der Waals surface area contributed by atoms with Gasteiger partial charge in [-0.3, -0.25) is 0 Å². The van der Waals surface area contributed by atoms with Gasteiger partial charge in [-0.1, -0.05) is 0 Å². The maximum absolute atomic E-state index is 9.84. The number of rotatable bonds is 7. The summed E-state index contributed by atoms with van der Waals surface area (Å²) in [4.78, 5) is 0. The van der Waals surface area contributed by atoms with Gasteiger partial charge in [0.1, 0.15) is 0 Å². The molecular weight excluding hydrogens is 1060 g/mol. The summed E-state index contributed by atoms with van der Waals surface area (Å²) in [5.74, 6) is 0. The Morgan fingerprint density at radius 1 is 0.395 bits per heavy atom. The molecular formula is C72H75Cl2SiZr. The summed E-state index contributed by atoms with van der Waals surface area (Å²) in [6.07, 6.45) is 5.06. The van der Waals surface area contributed by atoms with Crippen LogP contribution in [0.4, 0.5) is 0 Å². The molecule has 0 spiro atoms. The first-order valence-corrected chi connectivity index (χ1v) is 39.5. The third-order valence-corrected chi connectivity index (χ3v) is 39.9. The Morgan fingerprint density at radius 2 is 0.776 bits per heavy atom. The molecule has 0 bridgehead atoms. The molecule has 1 heterocycles. The first kappa shape index (κ1) is 52.9. The average Bonchev–Trinajstić information content (AvgIpc) is 4.10. The average molecular weight is 1130 g/mol. The van der Waals surface area contributed by atoms with Gasteiger partial charge in [0.05, 0.1) is 0 Å². The first-order chi connectivity index (χ1) is 35.7. The van der Waals surface area contributed by atoms with E-state index in [1.807, 2.05) is 0 Å². The minimum absolute atomic E-state index is 0.0534. The molecule has 76 heavy (non-hydrogen) atoms. The molecule has 0 saturated carbocycles. The van der Waals surface area contributed by atoms with Crippen molar-refractivity contribution in [2.45, 2.75) is 126 Å². The maximum atomic E-state index is 9.84. The van der Waals surface area contributed by atoms with Crippen molar-refractivity contribution in [2.75, 3.05) is 0 Å². The molecule has 2 aliphatic carbocycles. The number of hydrogen-bond acceptors (Lipinski definition) is 0. The summed E-state index contributed by atoms with van der Waals surface area (Å²) in [6, 6.07) is 62.7. The van der Waals surface area contributed by atoms with Crippen LogP contribution >= 0.6 is 17.0 Å². The molecule has 2 atom stereocenters. The Bertz CT molecular complexity index is 3460. The zero-order chi connectivity index (χ0) is 54.1. The Hall–Kier alpha value is -5.08. The molecule has 3 aliphatic rings. The van der Waals surface area contributed by atoms with Gasteiger partial charge in [-0.25, -0.2) is 0 Å². The Balaban J connectivity index is 1.28. The number of halogens is 2. The van der Waals surface area contributed by atoms with Gasteiger partial charge in [0.25, 0.3) is 0 Å². The fourth-order valence-electron chi connectivity index (χ4n) is 13.1. The zero-order valence-electron chi connectivity index (χ0n) is 47.4. The molecule has 0 N–H and O–H groups in total. The van der Waals surface area contributed by atoms with Crippen LogP contribution in [0.1, 0.15) is 157 Å². The van der Waals surface area contributed by atoms with E-state index in [4.69, 9.17) is 0 Å². The van der Waals surface area contributed by atoms with Crippen molar-refractivity contribution in [3.8, 4) is 33.4 Å². The molecule has 0 aromatic heterocycles. The predicted octanol–water partition coefficient (Wildman–Crippen LogP) is 18.1. The number of fused-ring (bicyclic) bond motifs is 5. The van der Waals surface area contributed by atoms with Gasteiger partial charge < -0.3 is 0 Å². The SMILES string of the molecule is Cc1ccc2c(c1-c1cc(C(C)(C)C)cc(C(C)(C)C)c1)C=C(c1ccccc1)[CH]2[Zr]([Cl])([Cl])([c]1cccc2c1[SiH2]c1ccccc1-2)[CH]1C(c2ccccc2)=Cc2c1ccc(C)c2-c1cc(C(C)(C)C)cc(C(C)(C)C)c1. The standard InChI is InChI=1S/2C30H33.C12H9Si.2ClH.Zr/c2*1-20-13-14-22-15-23(21-11-9-8-10-12-21)18-27(22)28(20)24-16-25(29(2,3)4)19-26(17-24)30(5,6)7;1-3-7-11-9(5-1)10-6-2-4-8-12(10)13-11;;;/h2*8-19H,1-7H3;1-7H,13H2;2*1H;/q;;;;;+2/p-2. The molecule has 8 aromatic rings. The van der Waals surface area contributed by atoms with Crippen LogP contribution in [-0.4, -0.2) is 9.52 Å². The van der Waals surface area contributed by atoms with E-state index in [9.17, 15) is 17.0 Å². The van der Waals surface area contributed by atoms with E-state index in [-0.39, 0.29) is 28.9 Å². The van der Waals surface area contributed by atoms with Crippen molar-refractivity contribution in [2.24, 2.45) is 0 Å². The molecule has 4 heteroatoms. The second-order valence-electron chi connectivity index (χ2n) is 26.7. The molecule has 0 radical (unpaired) electrons. The fourth-order valence-corrected chi connectivity index (χ4v) is 40.2. The van der Waals surface area contributed by atoms with Gasteiger partial charge in [0.15, 0.2) is 0 Å². The van der Waals surface area contributed by atoms with Crippen LogP contribution in [0, 0.1) is 13.8 Å². The van der Waals surface area contributed by atoms with Gasteiger partial charge >= 0.3 is 470 Å². The Morgan fingerprint density at radius 3 is 1.18 bits per heavy atom. The molecule has 1 aliphatic heterocycles. The molecule has 0 saturated heterocycles. The first-order valence-electron chi connectivity index (χ1n) is 27.7. The topological polar surface area (TPSA) is 0 Å². The van der Waals surface area contributed by atoms with Crippen LogP contribution in [0.25, 0.3) is 56.7 Å². The van der Waals surface area contributed by atoms with Crippen LogP contribution in [0.2, 0.25) is 0 Å². The van der Waals surface area contributed by atoms with Gasteiger partial charge in [-0.15, -0.1) is 0 Å². The third kappa shape index (κ3) is 8.81. The third-order valence-electron chi connectivity index (χ3n) is 17.4. The van der Waals surface area contributed by atoms with Crippen LogP contribution in [0.3, 0.4) is 0 Å². The molecule has 0 fully saturated rings. The quantitative estimate of drug-likeness (QED) is 0.140. The molecule has 0 amide bonds. The van der Waals surface area contributed by atoms with Crippen molar-refractivity contribution in [3.05, 3.63) is 231 Å². The zero-order valence-corrected chi connectivity index (χ0v) is 52.7. The van der Waals surface area contributed by atoms with E-state index in [0.717, 1.165) is 0 Å². The second kappa shape index (κ2) is 18.5. The molecule has 0 nitrogen and oxygen atoms in total. The number of aryl methyl sites for hydroxylation is 2. The Kier molecular flexibility index (Phi) is 12.9. The van der Waals surface area contributed by atoms with Crippen molar-refractivity contribution >= 4 is 63.5 Å². The van der Waals surface area contributed by atoms with E-state index in [1.165, 1.54) is 125 Å². The second-order valence-corrected chi connectivity index (χ2v) is 49.2. The molecule has 11 rings (SSSR count). The van der Waals surface area contributed by atoms with Crippen molar-refractivity contribution in [1.82, 2.24) is 0 Å². The normalized spacial score (nSPS) is 17.1. The van der Waals surface area contributed by atoms with Crippen LogP contribution in [-0.2, 0) is 38.1 Å². The number of allylic oxidation sites excluding steroid dienone is 2. The van der Waals surface area contributed by atoms with Crippen LogP contribution in [0.15, 0.2) is 164 Å². The summed E-state index contributed by atoms with van der Waals surface area (Å²) in [5.41, 5.74) is 25.1. The number of hydrogen-bond donors (Lipinski definition) is 0. The van der Waals surface area contributed by atoms with Crippen molar-refractivity contribution in [3.63, 3.8) is 0 Å². The van der Waals surface area contributed by atoms with Crippen molar-refractivity contribution in [1.29, 1.82) is 0 Å². The molecule has 2 unspecified atom stereocenters. The van der Waals surface area contributed by atoms with Crippen LogP contribution < -0.4 is 13.6 Å². The predicted molar refractivity (Wildman–Crippen MR) is 333 cm³/mol. The number of benzene rings is 8. The van der Waals surface area contributed by atoms with Crippen LogP contribution in [0.5, 0.6) is 0 Å². The summed E-state index contributed by atoms with van der Waals surface area (Å²) in [7, 11) is 18.7. The Labute approximate surface area is 465 Å².